The number of nitrogens with two attached hydrogens (primary N) is 1. The number of aryl methyl sites for hydroxylation is 1. The van der Waals surface area contributed by atoms with Crippen molar-refractivity contribution in [1.82, 2.24) is 5.43 Å². The molecular formula is C18H20N2O. The third-order valence-electron chi connectivity index (χ3n) is 3.75. The molecule has 3 nitrogen and oxygen atoms in total. The van der Waals surface area contributed by atoms with Gasteiger partial charge in [-0.3, -0.25) is 5.84 Å². The number of furan rings is 1. The van der Waals surface area contributed by atoms with E-state index in [4.69, 9.17) is 10.3 Å². The summed E-state index contributed by atoms with van der Waals surface area (Å²) >= 11 is 0. The Balaban J connectivity index is 1.93. The molecule has 0 fully saturated rings. The van der Waals surface area contributed by atoms with Gasteiger partial charge in [-0.05, 0) is 29.7 Å². The summed E-state index contributed by atoms with van der Waals surface area (Å²) in [4.78, 5) is 0. The second-order valence-electron chi connectivity index (χ2n) is 5.28. The predicted octanol–water partition coefficient (Wildman–Crippen LogP) is 3.94. The first-order valence-electron chi connectivity index (χ1n) is 7.35. The van der Waals surface area contributed by atoms with E-state index in [0.29, 0.717) is 0 Å². The summed E-state index contributed by atoms with van der Waals surface area (Å²) in [5.41, 5.74) is 6.19. The zero-order chi connectivity index (χ0) is 14.7. The maximum Gasteiger partial charge on any atom is 0.134 e. The topological polar surface area (TPSA) is 51.2 Å². The van der Waals surface area contributed by atoms with Crippen LogP contribution in [0.5, 0.6) is 0 Å². The van der Waals surface area contributed by atoms with Gasteiger partial charge in [0.25, 0.3) is 0 Å². The van der Waals surface area contributed by atoms with Gasteiger partial charge in [0.1, 0.15) is 17.4 Å². The van der Waals surface area contributed by atoms with Crippen LogP contribution >= 0.6 is 0 Å². The number of hydrogen-bond acceptors (Lipinski definition) is 3. The Morgan fingerprint density at radius 3 is 2.52 bits per heavy atom. The van der Waals surface area contributed by atoms with Crippen molar-refractivity contribution in [2.45, 2.75) is 25.8 Å². The summed E-state index contributed by atoms with van der Waals surface area (Å²) < 4.78 is 5.91. The van der Waals surface area contributed by atoms with Gasteiger partial charge in [0.15, 0.2) is 0 Å². The van der Waals surface area contributed by atoms with E-state index in [0.717, 1.165) is 35.1 Å². The van der Waals surface area contributed by atoms with E-state index in [2.05, 4.69) is 36.6 Å². The summed E-state index contributed by atoms with van der Waals surface area (Å²) in [6.07, 6.45) is 2.26. The summed E-state index contributed by atoms with van der Waals surface area (Å²) in [6.45, 7) is 2.19. The van der Waals surface area contributed by atoms with Crippen molar-refractivity contribution in [1.29, 1.82) is 0 Å². The number of benzene rings is 2. The standard InChI is InChI=1S/C18H20N2O/c1-2-5-13-8-10-14(11-9-13)18(20-19)17-12-15-6-3-4-7-16(15)21-17/h3-4,6-12,18,20H,2,5,19H2,1H3. The second kappa shape index (κ2) is 6.12. The monoisotopic (exact) mass is 280 g/mol. The van der Waals surface area contributed by atoms with E-state index in [-0.39, 0.29) is 6.04 Å². The summed E-state index contributed by atoms with van der Waals surface area (Å²) in [5, 5.41) is 1.09. The van der Waals surface area contributed by atoms with Crippen LogP contribution in [0.1, 0.15) is 36.3 Å². The predicted molar refractivity (Wildman–Crippen MR) is 85.8 cm³/mol. The Labute approximate surface area is 124 Å². The molecule has 0 aliphatic carbocycles. The van der Waals surface area contributed by atoms with Gasteiger partial charge >= 0.3 is 0 Å². The lowest BCUT2D eigenvalue weighted by molar-refractivity contribution is 0.477. The van der Waals surface area contributed by atoms with Crippen LogP contribution in [-0.2, 0) is 6.42 Å². The Kier molecular flexibility index (Phi) is 4.04. The molecule has 0 spiro atoms. The van der Waals surface area contributed by atoms with E-state index in [1.807, 2.05) is 30.3 Å². The fourth-order valence-corrected chi connectivity index (χ4v) is 2.65. The minimum Gasteiger partial charge on any atom is -0.459 e. The minimum atomic E-state index is -0.131. The van der Waals surface area contributed by atoms with Crippen LogP contribution in [0, 0.1) is 0 Å². The third-order valence-corrected chi connectivity index (χ3v) is 3.75. The zero-order valence-corrected chi connectivity index (χ0v) is 12.2. The molecule has 1 heterocycles. The smallest absolute Gasteiger partial charge is 0.134 e. The zero-order valence-electron chi connectivity index (χ0n) is 12.2. The maximum atomic E-state index is 5.91. The van der Waals surface area contributed by atoms with Crippen molar-refractivity contribution in [3.8, 4) is 0 Å². The van der Waals surface area contributed by atoms with Crippen molar-refractivity contribution in [3.05, 3.63) is 71.5 Å². The van der Waals surface area contributed by atoms with Crippen molar-refractivity contribution in [2.75, 3.05) is 0 Å². The quantitative estimate of drug-likeness (QED) is 0.550. The Hall–Kier alpha value is -2.10. The molecule has 3 rings (SSSR count). The molecule has 0 aliphatic heterocycles. The van der Waals surface area contributed by atoms with Crippen molar-refractivity contribution in [2.24, 2.45) is 5.84 Å². The molecule has 21 heavy (non-hydrogen) atoms. The van der Waals surface area contributed by atoms with Gasteiger partial charge in [0, 0.05) is 5.39 Å². The summed E-state index contributed by atoms with van der Waals surface area (Å²) in [6, 6.07) is 18.4. The molecule has 2 aromatic carbocycles. The highest BCUT2D eigenvalue weighted by atomic mass is 16.3. The molecule has 0 bridgehead atoms. The first-order chi connectivity index (χ1) is 10.3. The molecule has 1 atom stereocenters. The largest absolute Gasteiger partial charge is 0.459 e. The highest BCUT2D eigenvalue weighted by Gasteiger charge is 2.17. The molecule has 3 aromatic rings. The minimum absolute atomic E-state index is 0.131. The molecular weight excluding hydrogens is 260 g/mol. The average Bonchev–Trinajstić information content (AvgIpc) is 2.93. The van der Waals surface area contributed by atoms with Crippen LogP contribution in [0.25, 0.3) is 11.0 Å². The van der Waals surface area contributed by atoms with E-state index in [9.17, 15) is 0 Å². The summed E-state index contributed by atoms with van der Waals surface area (Å²) in [5.74, 6) is 6.58. The maximum absolute atomic E-state index is 5.91. The normalized spacial score (nSPS) is 12.7. The first-order valence-corrected chi connectivity index (χ1v) is 7.35. The van der Waals surface area contributed by atoms with Gasteiger partial charge < -0.3 is 4.42 Å². The number of rotatable bonds is 5. The van der Waals surface area contributed by atoms with E-state index >= 15 is 0 Å². The fourth-order valence-electron chi connectivity index (χ4n) is 2.65. The SMILES string of the molecule is CCCc1ccc(C(NN)c2cc3ccccc3o2)cc1. The highest BCUT2D eigenvalue weighted by molar-refractivity contribution is 5.77. The molecule has 3 N–H and O–H groups in total. The first kappa shape index (κ1) is 13.9. The lowest BCUT2D eigenvalue weighted by Gasteiger charge is -2.14. The van der Waals surface area contributed by atoms with E-state index in [1.54, 1.807) is 0 Å². The summed E-state index contributed by atoms with van der Waals surface area (Å²) in [7, 11) is 0. The lowest BCUT2D eigenvalue weighted by atomic mass is 10.0. The van der Waals surface area contributed by atoms with Gasteiger partial charge in [-0.1, -0.05) is 55.8 Å². The van der Waals surface area contributed by atoms with E-state index < -0.39 is 0 Å². The molecule has 0 saturated heterocycles. The second-order valence-corrected chi connectivity index (χ2v) is 5.28. The van der Waals surface area contributed by atoms with E-state index in [1.165, 1.54) is 5.56 Å². The Morgan fingerprint density at radius 1 is 1.10 bits per heavy atom. The molecule has 0 amide bonds. The van der Waals surface area contributed by atoms with Crippen molar-refractivity contribution in [3.63, 3.8) is 0 Å². The Morgan fingerprint density at radius 2 is 1.86 bits per heavy atom. The van der Waals surface area contributed by atoms with Gasteiger partial charge in [0.2, 0.25) is 0 Å². The molecule has 1 unspecified atom stereocenters. The van der Waals surface area contributed by atoms with Gasteiger partial charge in [-0.25, -0.2) is 5.43 Å². The highest BCUT2D eigenvalue weighted by Crippen LogP contribution is 2.28. The van der Waals surface area contributed by atoms with Gasteiger partial charge in [-0.15, -0.1) is 0 Å². The Bertz CT molecular complexity index is 682. The molecule has 0 saturated carbocycles. The molecule has 0 radical (unpaired) electrons. The van der Waals surface area contributed by atoms with Crippen LogP contribution < -0.4 is 11.3 Å². The van der Waals surface area contributed by atoms with Crippen LogP contribution in [0.2, 0.25) is 0 Å². The third kappa shape index (κ3) is 2.84. The van der Waals surface area contributed by atoms with Crippen molar-refractivity contribution < 1.29 is 4.42 Å². The fraction of sp³-hybridized carbons (Fsp3) is 0.222. The van der Waals surface area contributed by atoms with Crippen LogP contribution in [0.15, 0.2) is 59.0 Å². The average molecular weight is 280 g/mol. The number of hydrogen-bond donors (Lipinski definition) is 2. The molecule has 3 heteroatoms. The number of para-hydroxylation sites is 1. The van der Waals surface area contributed by atoms with Crippen molar-refractivity contribution >= 4 is 11.0 Å². The van der Waals surface area contributed by atoms with Crippen LogP contribution in [0.3, 0.4) is 0 Å². The number of fused-ring (bicyclic) bond motifs is 1. The number of nitrogens with one attached hydrogen (secondary N) is 1. The van der Waals surface area contributed by atoms with Gasteiger partial charge in [-0.2, -0.15) is 0 Å². The van der Waals surface area contributed by atoms with Crippen LogP contribution in [0.4, 0.5) is 0 Å². The lowest BCUT2D eigenvalue weighted by Crippen LogP contribution is -2.28. The number of hydrazine groups is 1. The van der Waals surface area contributed by atoms with Gasteiger partial charge in [0.05, 0.1) is 0 Å². The molecule has 1 aromatic heterocycles. The molecule has 0 aliphatic rings. The molecule has 108 valence electrons. The van der Waals surface area contributed by atoms with Crippen LogP contribution in [-0.4, -0.2) is 0 Å².